The van der Waals surface area contributed by atoms with Gasteiger partial charge in [0.2, 0.25) is 0 Å². The monoisotopic (exact) mass is 191 g/mol. The number of amidine groups is 1. The molecule has 0 heterocycles. The van der Waals surface area contributed by atoms with Crippen molar-refractivity contribution in [3.05, 3.63) is 0 Å². The van der Waals surface area contributed by atoms with Crippen LogP contribution >= 0.6 is 0 Å². The summed E-state index contributed by atoms with van der Waals surface area (Å²) < 4.78 is 0. The Morgan fingerprint density at radius 1 is 1.62 bits per heavy atom. The Hall–Kier alpha value is -0.850. The third-order valence-corrected chi connectivity index (χ3v) is 1.69. The number of nitrogens with zero attached hydrogens (tertiary/aromatic N) is 1. The first-order valence-electron chi connectivity index (χ1n) is 4.15. The van der Waals surface area contributed by atoms with Crippen LogP contribution < -0.4 is 11.1 Å². The maximum Gasteiger partial charge on any atom is 0.156 e. The molecule has 0 amide bonds. The van der Waals surface area contributed by atoms with E-state index in [0.29, 0.717) is 6.42 Å². The molecule has 2 unspecified atom stereocenters. The highest BCUT2D eigenvalue weighted by Crippen LogP contribution is 1.91. The molecule has 0 aliphatic rings. The highest BCUT2D eigenvalue weighted by Gasteiger charge is 2.12. The lowest BCUT2D eigenvalue weighted by Crippen LogP contribution is -2.44. The fourth-order valence-corrected chi connectivity index (χ4v) is 0.871. The van der Waals surface area contributed by atoms with Crippen molar-refractivity contribution in [2.24, 2.45) is 10.9 Å². The van der Waals surface area contributed by atoms with E-state index < -0.39 is 6.10 Å². The van der Waals surface area contributed by atoms with Gasteiger partial charge in [0.1, 0.15) is 0 Å². The first-order chi connectivity index (χ1) is 6.15. The summed E-state index contributed by atoms with van der Waals surface area (Å²) in [5.41, 5.74) is 5.35. The summed E-state index contributed by atoms with van der Waals surface area (Å²) in [6.07, 6.45) is -0.172. The van der Waals surface area contributed by atoms with Crippen LogP contribution in [0.2, 0.25) is 0 Å². The van der Waals surface area contributed by atoms with E-state index in [9.17, 15) is 0 Å². The lowest BCUT2D eigenvalue weighted by molar-refractivity contribution is 0.0933. The predicted octanol–water partition coefficient (Wildman–Crippen LogP) is -1.55. The van der Waals surface area contributed by atoms with E-state index in [0.717, 1.165) is 0 Å². The Bertz CT molecular complexity index is 163. The van der Waals surface area contributed by atoms with Gasteiger partial charge in [-0.05, 0) is 6.42 Å². The summed E-state index contributed by atoms with van der Waals surface area (Å²) >= 11 is 0. The highest BCUT2D eigenvalue weighted by atomic mass is 16.4. The molecule has 0 aromatic carbocycles. The van der Waals surface area contributed by atoms with Gasteiger partial charge in [-0.25, -0.2) is 0 Å². The number of nitrogens with one attached hydrogen (secondary N) is 1. The second kappa shape index (κ2) is 6.64. The quantitative estimate of drug-likeness (QED) is 0.151. The maximum absolute atomic E-state index is 9.00. The molecule has 0 spiro atoms. The fraction of sp³-hybridized carbons (Fsp3) is 0.857. The van der Waals surface area contributed by atoms with Crippen LogP contribution in [0.4, 0.5) is 0 Å². The van der Waals surface area contributed by atoms with E-state index >= 15 is 0 Å². The van der Waals surface area contributed by atoms with Crippen LogP contribution in [0.5, 0.6) is 0 Å². The van der Waals surface area contributed by atoms with Crippen LogP contribution in [0.25, 0.3) is 0 Å². The lowest BCUT2D eigenvalue weighted by atomic mass is 10.2. The zero-order valence-corrected chi connectivity index (χ0v) is 7.64. The van der Waals surface area contributed by atoms with Crippen LogP contribution in [0.1, 0.15) is 13.3 Å². The van der Waals surface area contributed by atoms with E-state index in [1.54, 1.807) is 0 Å². The summed E-state index contributed by atoms with van der Waals surface area (Å²) in [6.45, 7) is 1.77. The molecule has 0 saturated carbocycles. The van der Waals surface area contributed by atoms with Gasteiger partial charge >= 0.3 is 0 Å². The van der Waals surface area contributed by atoms with E-state index in [2.05, 4.69) is 10.5 Å². The molecule has 0 fully saturated rings. The number of nitrogens with two attached hydrogens (primary N) is 1. The summed E-state index contributed by atoms with van der Waals surface area (Å²) in [7, 11) is 0. The number of hydrogen-bond donors (Lipinski definition) is 5. The Morgan fingerprint density at radius 2 is 2.23 bits per heavy atom. The number of hydrogen-bond acceptors (Lipinski definition) is 5. The zero-order chi connectivity index (χ0) is 10.3. The summed E-state index contributed by atoms with van der Waals surface area (Å²) in [5, 5.41) is 31.6. The number of oxime groups is 1. The number of rotatable bonds is 6. The molecule has 13 heavy (non-hydrogen) atoms. The third kappa shape index (κ3) is 4.66. The van der Waals surface area contributed by atoms with Crippen molar-refractivity contribution < 1.29 is 15.4 Å². The van der Waals surface area contributed by atoms with Gasteiger partial charge in [0, 0.05) is 6.54 Å². The minimum Gasteiger partial charge on any atom is -0.409 e. The molecule has 6 N–H and O–H groups in total. The Balaban J connectivity index is 3.85. The molecule has 78 valence electrons. The molecule has 6 nitrogen and oxygen atoms in total. The van der Waals surface area contributed by atoms with Crippen molar-refractivity contribution in [3.63, 3.8) is 0 Å². The van der Waals surface area contributed by atoms with Crippen LogP contribution in [0, 0.1) is 0 Å². The third-order valence-electron chi connectivity index (χ3n) is 1.69. The largest absolute Gasteiger partial charge is 0.409 e. The smallest absolute Gasteiger partial charge is 0.156 e. The van der Waals surface area contributed by atoms with Gasteiger partial charge in [-0.2, -0.15) is 0 Å². The highest BCUT2D eigenvalue weighted by molar-refractivity contribution is 5.85. The summed E-state index contributed by atoms with van der Waals surface area (Å²) in [4.78, 5) is 0. The maximum atomic E-state index is 9.00. The van der Waals surface area contributed by atoms with Gasteiger partial charge in [-0.3, -0.25) is 0 Å². The first-order valence-corrected chi connectivity index (χ1v) is 4.15. The van der Waals surface area contributed by atoms with Crippen LogP contribution in [0.15, 0.2) is 5.16 Å². The average molecular weight is 191 g/mol. The molecule has 0 aromatic rings. The van der Waals surface area contributed by atoms with Crippen molar-refractivity contribution in [3.8, 4) is 0 Å². The van der Waals surface area contributed by atoms with Gasteiger partial charge in [0.15, 0.2) is 5.84 Å². The molecule has 2 atom stereocenters. The standard InChI is InChI=1S/C7H17N3O3/c1-2-6(7(8)10-13)9-3-5(12)4-11/h5-6,9,11-13H,2-4H2,1H3,(H2,8,10). The average Bonchev–Trinajstić information content (AvgIpc) is 2.17. The Morgan fingerprint density at radius 3 is 2.62 bits per heavy atom. The van der Waals surface area contributed by atoms with E-state index in [-0.39, 0.29) is 25.0 Å². The van der Waals surface area contributed by atoms with Gasteiger partial charge in [0.25, 0.3) is 0 Å². The Labute approximate surface area is 77.1 Å². The lowest BCUT2D eigenvalue weighted by Gasteiger charge is -2.16. The molecule has 0 aromatic heterocycles. The molecule has 0 aliphatic carbocycles. The normalized spacial score (nSPS) is 17.0. The van der Waals surface area contributed by atoms with Gasteiger partial charge < -0.3 is 26.5 Å². The second-order valence-corrected chi connectivity index (χ2v) is 2.73. The topological polar surface area (TPSA) is 111 Å². The predicted molar refractivity (Wildman–Crippen MR) is 48.6 cm³/mol. The van der Waals surface area contributed by atoms with Crippen LogP contribution in [-0.4, -0.2) is 46.6 Å². The van der Waals surface area contributed by atoms with Gasteiger partial charge in [-0.15, -0.1) is 0 Å². The molecular formula is C7H17N3O3. The molecular weight excluding hydrogens is 174 g/mol. The van der Waals surface area contributed by atoms with Crippen molar-refractivity contribution in [2.45, 2.75) is 25.5 Å². The molecule has 0 bridgehead atoms. The van der Waals surface area contributed by atoms with Crippen LogP contribution in [0.3, 0.4) is 0 Å². The van der Waals surface area contributed by atoms with Crippen LogP contribution in [-0.2, 0) is 0 Å². The van der Waals surface area contributed by atoms with Gasteiger partial charge in [-0.1, -0.05) is 12.1 Å². The second-order valence-electron chi connectivity index (χ2n) is 2.73. The molecule has 0 saturated heterocycles. The molecule has 0 radical (unpaired) electrons. The minimum absolute atomic E-state index is 0.0765. The summed E-state index contributed by atoms with van der Waals surface area (Å²) in [5.74, 6) is 0.0765. The number of aliphatic hydroxyl groups is 2. The number of aliphatic hydroxyl groups excluding tert-OH is 2. The van der Waals surface area contributed by atoms with E-state index in [1.165, 1.54) is 0 Å². The van der Waals surface area contributed by atoms with Crippen molar-refractivity contribution in [1.82, 2.24) is 5.32 Å². The summed E-state index contributed by atoms with van der Waals surface area (Å²) in [6, 6.07) is -0.272. The molecule has 6 heteroatoms. The van der Waals surface area contributed by atoms with E-state index in [4.69, 9.17) is 21.2 Å². The minimum atomic E-state index is -0.819. The Kier molecular flexibility index (Phi) is 6.21. The van der Waals surface area contributed by atoms with Crippen molar-refractivity contribution in [2.75, 3.05) is 13.2 Å². The zero-order valence-electron chi connectivity index (χ0n) is 7.64. The van der Waals surface area contributed by atoms with Crippen molar-refractivity contribution in [1.29, 1.82) is 0 Å². The first kappa shape index (κ1) is 12.2. The molecule has 0 aliphatic heterocycles. The van der Waals surface area contributed by atoms with E-state index in [1.807, 2.05) is 6.92 Å². The fourth-order valence-electron chi connectivity index (χ4n) is 0.871. The molecule has 0 rings (SSSR count). The van der Waals surface area contributed by atoms with Crippen molar-refractivity contribution >= 4 is 5.84 Å². The SMILES string of the molecule is CCC(NCC(O)CO)C(N)=NO. The van der Waals surface area contributed by atoms with Gasteiger partial charge in [0.05, 0.1) is 18.8 Å².